The molecule has 3 aromatic heterocycles. The van der Waals surface area contributed by atoms with Gasteiger partial charge in [0.2, 0.25) is 0 Å². The Balaban J connectivity index is 1.13. The Morgan fingerprint density at radius 3 is 1.57 bits per heavy atom. The third-order valence-corrected chi connectivity index (χ3v) is 10.7. The van der Waals surface area contributed by atoms with Gasteiger partial charge in [-0.3, -0.25) is 0 Å². The molecule has 0 aliphatic heterocycles. The summed E-state index contributed by atoms with van der Waals surface area (Å²) in [5, 5.41) is 4.57. The fraction of sp³-hybridized carbons (Fsp3) is 0. The molecule has 56 heavy (non-hydrogen) atoms. The summed E-state index contributed by atoms with van der Waals surface area (Å²) < 4.78 is 9.26. The minimum absolute atomic E-state index is 0.601. The predicted octanol–water partition coefficient (Wildman–Crippen LogP) is 13.2. The molecular weight excluding hydrogens is 685 g/mol. The Labute approximate surface area is 322 Å². The summed E-state index contributed by atoms with van der Waals surface area (Å²) in [7, 11) is 0. The van der Waals surface area contributed by atoms with Crippen LogP contribution in [0.3, 0.4) is 0 Å². The minimum atomic E-state index is 0.601. The Morgan fingerprint density at radius 1 is 0.339 bits per heavy atom. The number of furan rings is 1. The number of aromatic nitrogens is 4. The van der Waals surface area contributed by atoms with Gasteiger partial charge >= 0.3 is 0 Å². The highest BCUT2D eigenvalue weighted by Crippen LogP contribution is 2.45. The van der Waals surface area contributed by atoms with E-state index in [1.54, 1.807) is 0 Å². The van der Waals surface area contributed by atoms with E-state index in [0.717, 1.165) is 66.5 Å². The number of rotatable bonds is 6. The lowest BCUT2D eigenvalue weighted by molar-refractivity contribution is 0.670. The zero-order chi connectivity index (χ0) is 37.0. The van der Waals surface area contributed by atoms with Crippen molar-refractivity contribution in [2.45, 2.75) is 0 Å². The molecule has 0 atom stereocenters. The molecule has 0 unspecified atom stereocenters. The first-order valence-electron chi connectivity index (χ1n) is 18.8. The van der Waals surface area contributed by atoms with Gasteiger partial charge in [0.1, 0.15) is 11.2 Å². The van der Waals surface area contributed by atoms with Crippen molar-refractivity contribution in [3.63, 3.8) is 0 Å². The predicted molar refractivity (Wildman–Crippen MR) is 229 cm³/mol. The van der Waals surface area contributed by atoms with Gasteiger partial charge in [0.05, 0.1) is 11.0 Å². The van der Waals surface area contributed by atoms with Crippen LogP contribution in [0.1, 0.15) is 0 Å². The molecular formula is C51H32N4O. The van der Waals surface area contributed by atoms with Crippen molar-refractivity contribution in [2.24, 2.45) is 0 Å². The number of nitrogens with zero attached hydrogens (tertiary/aromatic N) is 4. The van der Waals surface area contributed by atoms with E-state index in [4.69, 9.17) is 19.4 Å². The number of fused-ring (bicyclic) bond motifs is 6. The fourth-order valence-electron chi connectivity index (χ4n) is 8.23. The van der Waals surface area contributed by atoms with Crippen LogP contribution < -0.4 is 0 Å². The molecule has 0 radical (unpaired) electrons. The highest BCUT2D eigenvalue weighted by atomic mass is 16.3. The first-order chi connectivity index (χ1) is 27.8. The van der Waals surface area contributed by atoms with Crippen LogP contribution in [0.2, 0.25) is 0 Å². The van der Waals surface area contributed by atoms with Crippen molar-refractivity contribution in [2.75, 3.05) is 0 Å². The average Bonchev–Trinajstić information content (AvgIpc) is 3.84. The van der Waals surface area contributed by atoms with Gasteiger partial charge in [-0.2, -0.15) is 0 Å². The monoisotopic (exact) mass is 716 g/mol. The summed E-state index contributed by atoms with van der Waals surface area (Å²) in [5.74, 6) is 1.85. The van der Waals surface area contributed by atoms with E-state index in [9.17, 15) is 0 Å². The maximum absolute atomic E-state index is 6.89. The lowest BCUT2D eigenvalue weighted by Gasteiger charge is -2.12. The van der Waals surface area contributed by atoms with Crippen molar-refractivity contribution in [3.8, 4) is 62.1 Å². The molecule has 0 aliphatic carbocycles. The van der Waals surface area contributed by atoms with Gasteiger partial charge in [0, 0.05) is 49.5 Å². The van der Waals surface area contributed by atoms with Crippen LogP contribution in [0.15, 0.2) is 199 Å². The van der Waals surface area contributed by atoms with Crippen molar-refractivity contribution < 1.29 is 4.42 Å². The summed E-state index contributed by atoms with van der Waals surface area (Å²) in [6.45, 7) is 0. The average molecular weight is 717 g/mol. The van der Waals surface area contributed by atoms with Crippen LogP contribution in [-0.2, 0) is 0 Å². The first kappa shape index (κ1) is 31.9. The maximum Gasteiger partial charge on any atom is 0.164 e. The number of hydrogen-bond acceptors (Lipinski definition) is 4. The van der Waals surface area contributed by atoms with Crippen LogP contribution in [-0.4, -0.2) is 19.5 Å². The Kier molecular flexibility index (Phi) is 7.42. The minimum Gasteiger partial charge on any atom is -0.455 e. The van der Waals surface area contributed by atoms with E-state index in [2.05, 4.69) is 132 Å². The molecule has 0 fully saturated rings. The second-order valence-corrected chi connectivity index (χ2v) is 13.9. The number of benzene rings is 8. The summed E-state index contributed by atoms with van der Waals surface area (Å²) in [5.41, 5.74) is 12.1. The van der Waals surface area contributed by atoms with Gasteiger partial charge < -0.3 is 8.98 Å². The van der Waals surface area contributed by atoms with Crippen LogP contribution in [0.4, 0.5) is 0 Å². The molecule has 0 amide bonds. The molecule has 0 spiro atoms. The van der Waals surface area contributed by atoms with Crippen LogP contribution >= 0.6 is 0 Å². The topological polar surface area (TPSA) is 56.7 Å². The molecule has 5 heteroatoms. The number of hydrogen-bond donors (Lipinski definition) is 0. The van der Waals surface area contributed by atoms with Gasteiger partial charge in [-0.1, -0.05) is 164 Å². The second kappa shape index (κ2) is 13.0. The van der Waals surface area contributed by atoms with E-state index in [-0.39, 0.29) is 0 Å². The molecule has 11 rings (SSSR count). The Hall–Kier alpha value is -7.63. The van der Waals surface area contributed by atoms with Crippen LogP contribution in [0, 0.1) is 0 Å². The molecule has 0 N–H and O–H groups in total. The fourth-order valence-corrected chi connectivity index (χ4v) is 8.23. The zero-order valence-electron chi connectivity index (χ0n) is 30.2. The SMILES string of the molecule is c1ccc(-c2nc(-c3ccccc3)nc(-c3ccccc3-c3cccc4c3oc3cccc(-c5cccc6c5c5ccccc5n6-c5ccccc5)c34)n2)cc1. The van der Waals surface area contributed by atoms with E-state index in [0.29, 0.717) is 17.5 Å². The highest BCUT2D eigenvalue weighted by molar-refractivity contribution is 6.22. The molecule has 0 saturated heterocycles. The van der Waals surface area contributed by atoms with Gasteiger partial charge in [-0.05, 0) is 47.0 Å². The smallest absolute Gasteiger partial charge is 0.164 e. The summed E-state index contributed by atoms with van der Waals surface area (Å²) in [6.07, 6.45) is 0. The second-order valence-electron chi connectivity index (χ2n) is 13.9. The third-order valence-electron chi connectivity index (χ3n) is 10.7. The van der Waals surface area contributed by atoms with Gasteiger partial charge in [0.25, 0.3) is 0 Å². The Bertz CT molecular complexity index is 3180. The summed E-state index contributed by atoms with van der Waals surface area (Å²) in [6, 6.07) is 67.2. The highest BCUT2D eigenvalue weighted by Gasteiger charge is 2.22. The van der Waals surface area contributed by atoms with E-state index < -0.39 is 0 Å². The van der Waals surface area contributed by atoms with E-state index in [1.807, 2.05) is 66.7 Å². The normalized spacial score (nSPS) is 11.6. The Morgan fingerprint density at radius 2 is 0.839 bits per heavy atom. The molecule has 0 bridgehead atoms. The molecule has 11 aromatic rings. The van der Waals surface area contributed by atoms with Crippen molar-refractivity contribution in [3.05, 3.63) is 194 Å². The lowest BCUT2D eigenvalue weighted by atomic mass is 9.93. The molecule has 5 nitrogen and oxygen atoms in total. The van der Waals surface area contributed by atoms with E-state index in [1.165, 1.54) is 21.9 Å². The van der Waals surface area contributed by atoms with Crippen molar-refractivity contribution >= 4 is 43.7 Å². The zero-order valence-corrected chi connectivity index (χ0v) is 30.2. The molecule has 0 aliphatic rings. The van der Waals surface area contributed by atoms with Crippen molar-refractivity contribution in [1.29, 1.82) is 0 Å². The molecule has 3 heterocycles. The molecule has 8 aromatic carbocycles. The van der Waals surface area contributed by atoms with Gasteiger partial charge in [0.15, 0.2) is 17.5 Å². The quantitative estimate of drug-likeness (QED) is 0.172. The first-order valence-corrected chi connectivity index (χ1v) is 18.8. The summed E-state index contributed by atoms with van der Waals surface area (Å²) in [4.78, 5) is 15.1. The number of para-hydroxylation sites is 3. The lowest BCUT2D eigenvalue weighted by Crippen LogP contribution is -2.01. The largest absolute Gasteiger partial charge is 0.455 e. The standard InChI is InChI=1S/C51H32N4O/c1-4-17-33(18-5-1)49-52-50(34-19-6-2-7-20-34)54-51(53-49)40-24-11-10-23-36(40)39-28-14-29-42-47-38(27-16-32-45(47)56-48(39)42)37-26-15-31-44-46(37)41-25-12-13-30-43(41)55(44)35-21-8-3-9-22-35/h1-32H. The van der Waals surface area contributed by atoms with Crippen LogP contribution in [0.5, 0.6) is 0 Å². The maximum atomic E-state index is 6.89. The summed E-state index contributed by atoms with van der Waals surface area (Å²) >= 11 is 0. The third kappa shape index (κ3) is 5.13. The van der Waals surface area contributed by atoms with Crippen LogP contribution in [0.25, 0.3) is 106 Å². The van der Waals surface area contributed by atoms with E-state index >= 15 is 0 Å². The van der Waals surface area contributed by atoms with Crippen molar-refractivity contribution in [1.82, 2.24) is 19.5 Å². The van der Waals surface area contributed by atoms with Gasteiger partial charge in [-0.25, -0.2) is 15.0 Å². The van der Waals surface area contributed by atoms with Gasteiger partial charge in [-0.15, -0.1) is 0 Å². The molecule has 0 saturated carbocycles. The molecule has 262 valence electrons.